The third-order valence-corrected chi connectivity index (χ3v) is 4.40. The smallest absolute Gasteiger partial charge is 0.346 e. The van der Waals surface area contributed by atoms with Crippen molar-refractivity contribution in [2.75, 3.05) is 37.8 Å². The Bertz CT molecular complexity index is 658. The second kappa shape index (κ2) is 5.05. The van der Waals surface area contributed by atoms with Gasteiger partial charge in [-0.05, 0) is 6.92 Å². The van der Waals surface area contributed by atoms with Crippen LogP contribution in [-0.2, 0) is 21.3 Å². The third-order valence-electron chi connectivity index (χ3n) is 4.40. The zero-order valence-electron chi connectivity index (χ0n) is 12.5. The predicted molar refractivity (Wildman–Crippen MR) is 75.4 cm³/mol. The average molecular weight is 311 g/mol. The minimum absolute atomic E-state index is 0.104. The normalized spacial score (nSPS) is 26.0. The van der Waals surface area contributed by atoms with Crippen LogP contribution in [0, 0.1) is 5.41 Å². The fourth-order valence-corrected chi connectivity index (χ4v) is 3.02. The summed E-state index contributed by atoms with van der Waals surface area (Å²) in [4.78, 5) is 29.9. The summed E-state index contributed by atoms with van der Waals surface area (Å²) in [5, 5.41) is 0. The molecule has 0 bridgehead atoms. The molecule has 0 radical (unpaired) electrons. The van der Waals surface area contributed by atoms with Gasteiger partial charge >= 0.3 is 5.97 Å². The topological polar surface area (TPSA) is 73.7 Å². The first kappa shape index (κ1) is 15.0. The molecule has 3 heterocycles. The molecule has 0 amide bonds. The minimum atomic E-state index is -2.19. The quantitative estimate of drug-likeness (QED) is 0.725. The van der Waals surface area contributed by atoms with Crippen molar-refractivity contribution in [1.82, 2.24) is 9.55 Å². The van der Waals surface area contributed by atoms with Crippen molar-refractivity contribution in [3.8, 4) is 0 Å². The van der Waals surface area contributed by atoms with Crippen LogP contribution >= 0.6 is 0 Å². The second-order valence-electron chi connectivity index (χ2n) is 5.82. The first-order chi connectivity index (χ1) is 10.4. The van der Waals surface area contributed by atoms with Crippen molar-refractivity contribution in [3.05, 3.63) is 22.7 Å². The highest BCUT2D eigenvalue weighted by atomic mass is 19.1. The van der Waals surface area contributed by atoms with Crippen molar-refractivity contribution in [1.29, 1.82) is 0 Å². The van der Waals surface area contributed by atoms with E-state index >= 15 is 4.39 Å². The maximum atomic E-state index is 15.4. The molecule has 8 heteroatoms. The van der Waals surface area contributed by atoms with Gasteiger partial charge in [0.1, 0.15) is 0 Å². The molecule has 22 heavy (non-hydrogen) atoms. The van der Waals surface area contributed by atoms with E-state index in [0.29, 0.717) is 0 Å². The number of hydrogen-bond acceptors (Lipinski definition) is 6. The van der Waals surface area contributed by atoms with Crippen LogP contribution < -0.4 is 10.5 Å². The summed E-state index contributed by atoms with van der Waals surface area (Å²) in [7, 11) is 1.60. The van der Waals surface area contributed by atoms with Gasteiger partial charge in [0.05, 0.1) is 31.8 Å². The van der Waals surface area contributed by atoms with Gasteiger partial charge in [-0.15, -0.1) is 0 Å². The van der Waals surface area contributed by atoms with Crippen LogP contribution in [0.3, 0.4) is 0 Å². The first-order valence-electron chi connectivity index (χ1n) is 7.14. The number of hydrogen-bond donors (Lipinski definition) is 0. The molecular weight excluding hydrogens is 293 g/mol. The summed E-state index contributed by atoms with van der Waals surface area (Å²) in [5.41, 5.74) is -3.49. The Labute approximate surface area is 126 Å². The zero-order valence-corrected chi connectivity index (χ0v) is 12.5. The Morgan fingerprint density at radius 2 is 2.23 bits per heavy atom. The number of ether oxygens (including phenoxy) is 2. The molecule has 120 valence electrons. The molecule has 7 nitrogen and oxygen atoms in total. The van der Waals surface area contributed by atoms with E-state index in [2.05, 4.69) is 4.98 Å². The highest BCUT2D eigenvalue weighted by Crippen LogP contribution is 2.48. The number of aromatic nitrogens is 2. The summed E-state index contributed by atoms with van der Waals surface area (Å²) in [5.74, 6) is -0.756. The van der Waals surface area contributed by atoms with E-state index in [4.69, 9.17) is 9.47 Å². The lowest BCUT2D eigenvalue weighted by Crippen LogP contribution is -2.61. The molecule has 1 aromatic rings. The number of alkyl halides is 1. The van der Waals surface area contributed by atoms with Crippen molar-refractivity contribution in [2.24, 2.45) is 12.5 Å². The molecule has 0 aliphatic carbocycles. The lowest BCUT2D eigenvalue weighted by molar-refractivity contribution is -0.196. The van der Waals surface area contributed by atoms with Crippen LogP contribution in [0.5, 0.6) is 0 Å². The van der Waals surface area contributed by atoms with Gasteiger partial charge < -0.3 is 18.9 Å². The largest absolute Gasteiger partial charge is 0.464 e. The first-order valence-corrected chi connectivity index (χ1v) is 7.14. The highest BCUT2D eigenvalue weighted by Gasteiger charge is 2.68. The van der Waals surface area contributed by atoms with Crippen molar-refractivity contribution in [2.45, 2.75) is 12.6 Å². The Hall–Kier alpha value is -1.96. The molecule has 0 aromatic carbocycles. The van der Waals surface area contributed by atoms with E-state index in [-0.39, 0.29) is 44.3 Å². The van der Waals surface area contributed by atoms with Crippen LogP contribution in [0.1, 0.15) is 6.92 Å². The Kier molecular flexibility index (Phi) is 3.43. The minimum Gasteiger partial charge on any atom is -0.464 e. The number of carbonyl (C=O) groups is 1. The number of esters is 1. The number of nitrogens with zero attached hydrogens (tertiary/aromatic N) is 3. The Morgan fingerprint density at radius 1 is 1.50 bits per heavy atom. The van der Waals surface area contributed by atoms with E-state index in [1.165, 1.54) is 21.9 Å². The van der Waals surface area contributed by atoms with Gasteiger partial charge in [0.2, 0.25) is 5.67 Å². The average Bonchev–Trinajstić information content (AvgIpc) is 2.77. The van der Waals surface area contributed by atoms with Crippen LogP contribution in [0.4, 0.5) is 10.2 Å². The summed E-state index contributed by atoms with van der Waals surface area (Å²) in [6.45, 7) is 1.95. The van der Waals surface area contributed by atoms with Gasteiger partial charge in [-0.25, -0.2) is 14.2 Å². The van der Waals surface area contributed by atoms with Crippen LogP contribution in [0.15, 0.2) is 17.2 Å². The molecule has 2 aliphatic rings. The van der Waals surface area contributed by atoms with Gasteiger partial charge in [0.25, 0.3) is 5.56 Å². The van der Waals surface area contributed by atoms with Crippen molar-refractivity contribution in [3.63, 3.8) is 0 Å². The Balaban J connectivity index is 1.96. The summed E-state index contributed by atoms with van der Waals surface area (Å²) in [6.07, 6.45) is 3.00. The SMILES string of the molecule is CCOC(=O)C1(F)CN(c2nccn(C)c2=O)CC12COC2. The van der Waals surface area contributed by atoms with E-state index in [1.54, 1.807) is 14.0 Å². The van der Waals surface area contributed by atoms with Crippen LogP contribution in [-0.4, -0.2) is 54.1 Å². The highest BCUT2D eigenvalue weighted by molar-refractivity contribution is 5.83. The molecule has 1 spiro atoms. The fraction of sp³-hybridized carbons (Fsp3) is 0.643. The van der Waals surface area contributed by atoms with Crippen molar-refractivity contribution >= 4 is 11.8 Å². The summed E-state index contributed by atoms with van der Waals surface area (Å²) in [6, 6.07) is 0. The molecule has 1 unspecified atom stereocenters. The number of rotatable bonds is 3. The molecule has 0 saturated carbocycles. The van der Waals surface area contributed by atoms with Crippen LogP contribution in [0.2, 0.25) is 0 Å². The number of anilines is 1. The lowest BCUT2D eigenvalue weighted by atomic mass is 9.74. The molecule has 0 N–H and O–H groups in total. The zero-order chi connectivity index (χ0) is 16.0. The summed E-state index contributed by atoms with van der Waals surface area (Å²) >= 11 is 0. The van der Waals surface area contributed by atoms with E-state index in [9.17, 15) is 9.59 Å². The predicted octanol–water partition coefficient (Wildman–Crippen LogP) is -0.112. The molecule has 2 aliphatic heterocycles. The van der Waals surface area contributed by atoms with E-state index < -0.39 is 17.1 Å². The molecule has 3 rings (SSSR count). The molecule has 1 aromatic heterocycles. The second-order valence-corrected chi connectivity index (χ2v) is 5.82. The van der Waals surface area contributed by atoms with E-state index in [0.717, 1.165) is 0 Å². The maximum Gasteiger partial charge on any atom is 0.346 e. The molecule has 1 atom stereocenters. The fourth-order valence-electron chi connectivity index (χ4n) is 3.02. The van der Waals surface area contributed by atoms with Crippen LogP contribution in [0.25, 0.3) is 0 Å². The van der Waals surface area contributed by atoms with E-state index in [1.807, 2.05) is 0 Å². The third kappa shape index (κ3) is 1.93. The number of halogens is 1. The molecular formula is C14H18FN3O4. The number of aryl methyl sites for hydroxylation is 1. The molecule has 2 saturated heterocycles. The standard InChI is InChI=1S/C14H18FN3O4/c1-3-22-12(20)14(15)7-18(6-13(14)8-21-9-13)10-11(19)17(2)5-4-16-10/h4-5H,3,6-9H2,1-2H3. The van der Waals surface area contributed by atoms with Gasteiger partial charge in [0.15, 0.2) is 5.82 Å². The molecule has 2 fully saturated rings. The van der Waals surface area contributed by atoms with Gasteiger partial charge in [-0.1, -0.05) is 0 Å². The maximum absolute atomic E-state index is 15.4. The monoisotopic (exact) mass is 311 g/mol. The lowest BCUT2D eigenvalue weighted by Gasteiger charge is -2.43. The summed E-state index contributed by atoms with van der Waals surface area (Å²) < 4.78 is 26.8. The Morgan fingerprint density at radius 3 is 2.82 bits per heavy atom. The van der Waals surface area contributed by atoms with Gasteiger partial charge in [-0.2, -0.15) is 0 Å². The van der Waals surface area contributed by atoms with Crippen molar-refractivity contribution < 1.29 is 18.7 Å². The van der Waals surface area contributed by atoms with Gasteiger partial charge in [-0.3, -0.25) is 4.79 Å². The van der Waals surface area contributed by atoms with Gasteiger partial charge in [0, 0.05) is 26.0 Å². The number of carbonyl (C=O) groups excluding carboxylic acids is 1.